The van der Waals surface area contributed by atoms with Crippen molar-refractivity contribution >= 4 is 34.6 Å². The first-order valence-electron chi connectivity index (χ1n) is 10.1. The lowest BCUT2D eigenvalue weighted by molar-refractivity contribution is 0.589. The molecule has 0 amide bonds. The van der Waals surface area contributed by atoms with Gasteiger partial charge in [0.15, 0.2) is 0 Å². The third-order valence-electron chi connectivity index (χ3n) is 5.01. The van der Waals surface area contributed by atoms with E-state index in [2.05, 4.69) is 62.3 Å². The first kappa shape index (κ1) is 20.8. The van der Waals surface area contributed by atoms with Gasteiger partial charge in [0.25, 0.3) is 0 Å². The minimum atomic E-state index is -2.93. The zero-order chi connectivity index (χ0) is 21.2. The van der Waals surface area contributed by atoms with Crippen LogP contribution in [-0.4, -0.2) is 0 Å². The zero-order valence-corrected chi connectivity index (χ0v) is 19.2. The second-order valence-corrected chi connectivity index (χ2v) is 11.7. The molecule has 0 saturated heterocycles. The molecule has 0 radical (unpaired) electrons. The van der Waals surface area contributed by atoms with Crippen LogP contribution in [0.25, 0.3) is 9.81 Å². The van der Waals surface area contributed by atoms with Gasteiger partial charge in [0.2, 0.25) is 7.29 Å². The van der Waals surface area contributed by atoms with Gasteiger partial charge in [0.1, 0.15) is 0 Å². The van der Waals surface area contributed by atoms with E-state index in [9.17, 15) is 4.57 Å². The maximum absolute atomic E-state index is 14.0. The molecule has 1 heterocycles. The van der Waals surface area contributed by atoms with Crippen LogP contribution in [0.2, 0.25) is 0 Å². The Balaban J connectivity index is 1.72. The molecule has 2 nitrogen and oxygen atoms in total. The van der Waals surface area contributed by atoms with Crippen LogP contribution in [0.4, 0.5) is 5.69 Å². The first-order valence-corrected chi connectivity index (χ1v) is 12.7. The van der Waals surface area contributed by atoms with Crippen molar-refractivity contribution < 1.29 is 4.57 Å². The Kier molecular flexibility index (Phi) is 5.77. The summed E-state index contributed by atoms with van der Waals surface area (Å²) in [5, 5.41) is 3.32. The molecular weight excluding hydrogens is 405 g/mol. The molecule has 0 spiro atoms. The van der Waals surface area contributed by atoms with E-state index in [1.54, 1.807) is 11.8 Å². The van der Waals surface area contributed by atoms with Crippen molar-refractivity contribution in [2.45, 2.75) is 26.2 Å². The standard InChI is InChI=1S/C26H26NOPS/c1-26(2,3)22-14-16-23(17-15-22)27-29(28)18-24(20-10-6-4-7-11-20)30-25(19-29)21-12-8-5-9-13-21/h4-19H,1-3H3,(H,27,28). The smallest absolute Gasteiger partial charge is 0.215 e. The van der Waals surface area contributed by atoms with Gasteiger partial charge in [0.05, 0.1) is 0 Å². The molecule has 3 aromatic rings. The lowest BCUT2D eigenvalue weighted by Crippen LogP contribution is -2.10. The van der Waals surface area contributed by atoms with Gasteiger partial charge in [0, 0.05) is 27.1 Å². The predicted octanol–water partition coefficient (Wildman–Crippen LogP) is 8.42. The number of nitrogens with one attached hydrogen (secondary N) is 1. The first-order chi connectivity index (χ1) is 14.3. The molecule has 0 aliphatic carbocycles. The highest BCUT2D eigenvalue weighted by Crippen LogP contribution is 2.60. The van der Waals surface area contributed by atoms with Gasteiger partial charge in [-0.2, -0.15) is 0 Å². The predicted molar refractivity (Wildman–Crippen MR) is 133 cm³/mol. The lowest BCUT2D eigenvalue weighted by Gasteiger charge is -2.24. The van der Waals surface area contributed by atoms with Crippen molar-refractivity contribution in [1.82, 2.24) is 0 Å². The van der Waals surface area contributed by atoms with Crippen LogP contribution in [-0.2, 0) is 9.98 Å². The minimum Gasteiger partial charge on any atom is -0.330 e. The molecule has 4 rings (SSSR count). The molecule has 0 aromatic heterocycles. The van der Waals surface area contributed by atoms with E-state index in [-0.39, 0.29) is 5.41 Å². The van der Waals surface area contributed by atoms with Crippen molar-refractivity contribution in [3.63, 3.8) is 0 Å². The van der Waals surface area contributed by atoms with E-state index in [1.165, 1.54) is 5.56 Å². The lowest BCUT2D eigenvalue weighted by atomic mass is 9.87. The molecule has 0 atom stereocenters. The average molecular weight is 432 g/mol. The molecule has 1 aliphatic heterocycles. The second-order valence-electron chi connectivity index (χ2n) is 8.47. The van der Waals surface area contributed by atoms with E-state index < -0.39 is 7.29 Å². The van der Waals surface area contributed by atoms with Gasteiger partial charge in [-0.05, 0) is 34.2 Å². The molecule has 1 aliphatic rings. The fourth-order valence-electron chi connectivity index (χ4n) is 3.34. The SMILES string of the molecule is CC(C)(C)c1ccc(NP2(=O)C=C(c3ccccc3)SC(c3ccccc3)=C2)cc1. The summed E-state index contributed by atoms with van der Waals surface area (Å²) in [5.41, 5.74) is 4.37. The number of rotatable bonds is 4. The van der Waals surface area contributed by atoms with Crippen LogP contribution in [0.3, 0.4) is 0 Å². The Morgan fingerprint density at radius 3 is 1.60 bits per heavy atom. The summed E-state index contributed by atoms with van der Waals surface area (Å²) in [6.07, 6.45) is 0. The second kappa shape index (κ2) is 8.34. The van der Waals surface area contributed by atoms with Gasteiger partial charge >= 0.3 is 0 Å². The van der Waals surface area contributed by atoms with E-state index >= 15 is 0 Å². The summed E-state index contributed by atoms with van der Waals surface area (Å²) in [7, 11) is -2.93. The monoisotopic (exact) mass is 431 g/mol. The molecule has 30 heavy (non-hydrogen) atoms. The van der Waals surface area contributed by atoms with Gasteiger partial charge in [-0.3, -0.25) is 4.57 Å². The van der Waals surface area contributed by atoms with Crippen LogP contribution < -0.4 is 5.09 Å². The summed E-state index contributed by atoms with van der Waals surface area (Å²) in [6.45, 7) is 6.58. The van der Waals surface area contributed by atoms with Crippen molar-refractivity contribution in [2.75, 3.05) is 5.09 Å². The minimum absolute atomic E-state index is 0.0884. The van der Waals surface area contributed by atoms with Gasteiger partial charge < -0.3 is 5.09 Å². The van der Waals surface area contributed by atoms with Crippen LogP contribution in [0.5, 0.6) is 0 Å². The number of benzene rings is 3. The summed E-state index contributed by atoms with van der Waals surface area (Å²) in [6, 6.07) is 28.6. The van der Waals surface area contributed by atoms with Crippen molar-refractivity contribution in [2.24, 2.45) is 0 Å². The largest absolute Gasteiger partial charge is 0.330 e. The Morgan fingerprint density at radius 1 is 0.700 bits per heavy atom. The highest BCUT2D eigenvalue weighted by atomic mass is 32.2. The molecular formula is C26H26NOPS. The topological polar surface area (TPSA) is 29.1 Å². The highest BCUT2D eigenvalue weighted by Gasteiger charge is 2.26. The normalized spacial score (nSPS) is 15.8. The molecule has 4 heteroatoms. The summed E-state index contributed by atoms with van der Waals surface area (Å²) in [5.74, 6) is 3.80. The van der Waals surface area contributed by atoms with Crippen LogP contribution >= 0.6 is 19.1 Å². The maximum Gasteiger partial charge on any atom is 0.215 e. The average Bonchev–Trinajstić information content (AvgIpc) is 2.74. The van der Waals surface area contributed by atoms with E-state index in [0.717, 1.165) is 26.6 Å². The molecule has 3 aromatic carbocycles. The highest BCUT2D eigenvalue weighted by molar-refractivity contribution is 8.17. The van der Waals surface area contributed by atoms with E-state index in [0.29, 0.717) is 0 Å². The van der Waals surface area contributed by atoms with E-state index in [1.807, 2.05) is 60.2 Å². The Morgan fingerprint density at radius 2 is 1.17 bits per heavy atom. The third-order valence-corrected chi connectivity index (χ3v) is 8.40. The third kappa shape index (κ3) is 4.80. The van der Waals surface area contributed by atoms with Gasteiger partial charge in [-0.1, -0.05) is 105 Å². The molecule has 0 unspecified atom stereocenters. The quantitative estimate of drug-likeness (QED) is 0.420. The molecule has 0 bridgehead atoms. The molecule has 0 fully saturated rings. The zero-order valence-electron chi connectivity index (χ0n) is 17.5. The number of anilines is 1. The molecule has 152 valence electrons. The maximum atomic E-state index is 14.0. The van der Waals surface area contributed by atoms with Gasteiger partial charge in [-0.25, -0.2) is 0 Å². The number of hydrogen-bond acceptors (Lipinski definition) is 2. The fourth-order valence-corrected chi connectivity index (χ4v) is 7.20. The number of thioether (sulfide) groups is 1. The summed E-state index contributed by atoms with van der Waals surface area (Å²) in [4.78, 5) is 2.03. The van der Waals surface area contributed by atoms with Crippen molar-refractivity contribution in [1.29, 1.82) is 0 Å². The molecule has 0 saturated carbocycles. The Labute approximate surface area is 183 Å². The Hall–Kier alpha value is -2.48. The van der Waals surface area contributed by atoms with Gasteiger partial charge in [-0.15, -0.1) is 0 Å². The molecule has 1 N–H and O–H groups in total. The van der Waals surface area contributed by atoms with Crippen LogP contribution in [0.15, 0.2) is 96.6 Å². The Bertz CT molecular complexity index is 1070. The van der Waals surface area contributed by atoms with Crippen LogP contribution in [0, 0.1) is 0 Å². The van der Waals surface area contributed by atoms with Crippen molar-refractivity contribution in [3.8, 4) is 0 Å². The summed E-state index contributed by atoms with van der Waals surface area (Å²) >= 11 is 1.67. The van der Waals surface area contributed by atoms with E-state index in [4.69, 9.17) is 0 Å². The fraction of sp³-hybridized carbons (Fsp3) is 0.154. The van der Waals surface area contributed by atoms with Crippen LogP contribution in [0.1, 0.15) is 37.5 Å². The number of hydrogen-bond donors (Lipinski definition) is 1. The van der Waals surface area contributed by atoms with Crippen molar-refractivity contribution in [3.05, 3.63) is 113 Å². The summed E-state index contributed by atoms with van der Waals surface area (Å²) < 4.78 is 14.0.